The largest absolute Gasteiger partial charge is 0.497 e. The van der Waals surface area contributed by atoms with Crippen LogP contribution in [0.2, 0.25) is 0 Å². The van der Waals surface area contributed by atoms with Gasteiger partial charge in [-0.2, -0.15) is 0 Å². The van der Waals surface area contributed by atoms with Gasteiger partial charge in [0.15, 0.2) is 0 Å². The number of ether oxygens (including phenoxy) is 1. The van der Waals surface area contributed by atoms with Crippen LogP contribution in [0.15, 0.2) is 29.2 Å². The molecule has 1 fully saturated rings. The maximum absolute atomic E-state index is 12.0. The van der Waals surface area contributed by atoms with Crippen LogP contribution in [0.3, 0.4) is 0 Å². The smallest absolute Gasteiger partial charge is 0.291 e. The van der Waals surface area contributed by atoms with Crippen molar-refractivity contribution in [3.8, 4) is 5.75 Å². The fraction of sp³-hybridized carbons (Fsp3) is 0.267. The summed E-state index contributed by atoms with van der Waals surface area (Å²) in [6, 6.07) is 7.49. The molecule has 1 aliphatic heterocycles. The van der Waals surface area contributed by atoms with E-state index in [-0.39, 0.29) is 17.6 Å². The third-order valence-corrected chi connectivity index (χ3v) is 4.59. The van der Waals surface area contributed by atoms with Crippen molar-refractivity contribution in [2.24, 2.45) is 5.73 Å². The predicted molar refractivity (Wildman–Crippen MR) is 91.7 cm³/mol. The molecule has 2 N–H and O–H groups in total. The van der Waals surface area contributed by atoms with Gasteiger partial charge < -0.3 is 10.5 Å². The van der Waals surface area contributed by atoms with Crippen molar-refractivity contribution in [2.45, 2.75) is 12.8 Å². The van der Waals surface area contributed by atoms with Crippen molar-refractivity contribution in [1.82, 2.24) is 4.90 Å². The number of nitrogens with two attached hydrogens (primary N) is 1. The van der Waals surface area contributed by atoms with Crippen molar-refractivity contribution < 1.29 is 14.3 Å². The Morgan fingerprint density at radius 3 is 2.68 bits per heavy atom. The van der Waals surface area contributed by atoms with Gasteiger partial charge in [-0.15, -0.1) is 0 Å². The average Bonchev–Trinajstić information content (AvgIpc) is 2.75. The molecule has 1 heterocycles. The second-order valence-electron chi connectivity index (χ2n) is 4.68. The Balaban J connectivity index is 2.06. The number of methoxy groups -OCH3 is 1. The Kier molecular flexibility index (Phi) is 5.57. The van der Waals surface area contributed by atoms with Crippen LogP contribution in [0.1, 0.15) is 18.4 Å². The lowest BCUT2D eigenvalue weighted by Crippen LogP contribution is -2.28. The SMILES string of the molecule is COc1ccc(/C=C2/SC(=O)N(CCCC(N)=O)C2=S)cc1. The molecule has 0 bridgehead atoms. The monoisotopic (exact) mass is 336 g/mol. The minimum Gasteiger partial charge on any atom is -0.497 e. The van der Waals surface area contributed by atoms with Gasteiger partial charge in [-0.1, -0.05) is 24.4 Å². The fourth-order valence-corrected chi connectivity index (χ4v) is 3.25. The Labute approximate surface area is 138 Å². The maximum Gasteiger partial charge on any atom is 0.291 e. The summed E-state index contributed by atoms with van der Waals surface area (Å²) in [5.41, 5.74) is 6.04. The van der Waals surface area contributed by atoms with Gasteiger partial charge in [-0.25, -0.2) is 0 Å². The van der Waals surface area contributed by atoms with Crippen molar-refractivity contribution in [3.05, 3.63) is 34.7 Å². The molecular formula is C15H16N2O3S2. The number of hydrogen-bond donors (Lipinski definition) is 1. The number of carbonyl (C=O) groups is 2. The molecule has 0 radical (unpaired) electrons. The summed E-state index contributed by atoms with van der Waals surface area (Å²) >= 11 is 6.45. The zero-order valence-electron chi connectivity index (χ0n) is 12.1. The van der Waals surface area contributed by atoms with Crippen molar-refractivity contribution in [2.75, 3.05) is 13.7 Å². The van der Waals surface area contributed by atoms with E-state index in [0.29, 0.717) is 18.0 Å². The van der Waals surface area contributed by atoms with E-state index in [1.807, 2.05) is 30.3 Å². The molecule has 22 heavy (non-hydrogen) atoms. The van der Waals surface area contributed by atoms with E-state index in [1.54, 1.807) is 7.11 Å². The molecule has 0 aromatic heterocycles. The van der Waals surface area contributed by atoms with E-state index in [4.69, 9.17) is 22.7 Å². The first-order chi connectivity index (χ1) is 10.5. The van der Waals surface area contributed by atoms with Crippen LogP contribution in [0.25, 0.3) is 6.08 Å². The van der Waals surface area contributed by atoms with Crippen molar-refractivity contribution >= 4 is 46.2 Å². The summed E-state index contributed by atoms with van der Waals surface area (Å²) in [4.78, 5) is 25.5. The molecule has 0 aliphatic carbocycles. The number of benzene rings is 1. The molecule has 1 aliphatic rings. The Morgan fingerprint density at radius 1 is 1.41 bits per heavy atom. The minimum absolute atomic E-state index is 0.116. The van der Waals surface area contributed by atoms with Crippen LogP contribution >= 0.6 is 24.0 Å². The van der Waals surface area contributed by atoms with E-state index in [0.717, 1.165) is 28.0 Å². The van der Waals surface area contributed by atoms with E-state index in [9.17, 15) is 9.59 Å². The average molecular weight is 336 g/mol. The number of hydrogen-bond acceptors (Lipinski definition) is 5. The van der Waals surface area contributed by atoms with Gasteiger partial charge in [0.25, 0.3) is 5.24 Å². The van der Waals surface area contributed by atoms with Crippen LogP contribution in [0.5, 0.6) is 5.75 Å². The van der Waals surface area contributed by atoms with Gasteiger partial charge in [0.2, 0.25) is 5.91 Å². The zero-order chi connectivity index (χ0) is 16.1. The highest BCUT2D eigenvalue weighted by Crippen LogP contribution is 2.33. The number of carbonyl (C=O) groups excluding carboxylic acids is 2. The molecular weight excluding hydrogens is 320 g/mol. The third-order valence-electron chi connectivity index (χ3n) is 3.09. The Bertz CT molecular complexity index is 626. The summed E-state index contributed by atoms with van der Waals surface area (Å²) in [7, 11) is 1.61. The predicted octanol–water partition coefficient (Wildman–Crippen LogP) is 2.80. The van der Waals surface area contributed by atoms with Crippen LogP contribution in [0, 0.1) is 0 Å². The maximum atomic E-state index is 12.0. The van der Waals surface area contributed by atoms with E-state index in [2.05, 4.69) is 0 Å². The topological polar surface area (TPSA) is 72.6 Å². The van der Waals surface area contributed by atoms with Gasteiger partial charge in [-0.05, 0) is 42.0 Å². The van der Waals surface area contributed by atoms with E-state index in [1.165, 1.54) is 4.90 Å². The first-order valence-corrected chi connectivity index (χ1v) is 7.91. The summed E-state index contributed by atoms with van der Waals surface area (Å²) in [6.07, 6.45) is 2.63. The number of nitrogens with zero attached hydrogens (tertiary/aromatic N) is 1. The molecule has 7 heteroatoms. The number of thiocarbonyl (C=S) groups is 1. The minimum atomic E-state index is -0.376. The molecule has 0 spiro atoms. The number of thioether (sulfide) groups is 1. The highest BCUT2D eigenvalue weighted by molar-refractivity contribution is 8.19. The van der Waals surface area contributed by atoms with Crippen molar-refractivity contribution in [3.63, 3.8) is 0 Å². The third kappa shape index (κ3) is 4.08. The number of rotatable bonds is 6. The summed E-state index contributed by atoms with van der Waals surface area (Å²) in [5.74, 6) is 0.396. The summed E-state index contributed by atoms with van der Waals surface area (Å²) in [5, 5.41) is -0.116. The van der Waals surface area contributed by atoms with E-state index < -0.39 is 0 Å². The second kappa shape index (κ2) is 7.42. The molecule has 5 nitrogen and oxygen atoms in total. The lowest BCUT2D eigenvalue weighted by molar-refractivity contribution is -0.118. The molecule has 2 amide bonds. The lowest BCUT2D eigenvalue weighted by atomic mass is 10.2. The molecule has 1 aromatic carbocycles. The van der Waals surface area contributed by atoms with E-state index >= 15 is 0 Å². The van der Waals surface area contributed by atoms with Gasteiger partial charge in [0.1, 0.15) is 10.7 Å². The molecule has 1 aromatic rings. The Morgan fingerprint density at radius 2 is 2.09 bits per heavy atom. The van der Waals surface area contributed by atoms with Gasteiger partial charge >= 0.3 is 0 Å². The fourth-order valence-electron chi connectivity index (χ4n) is 1.96. The summed E-state index contributed by atoms with van der Waals surface area (Å²) in [6.45, 7) is 0.410. The highest BCUT2D eigenvalue weighted by Gasteiger charge is 2.31. The van der Waals surface area contributed by atoms with Gasteiger partial charge in [-0.3, -0.25) is 14.5 Å². The number of primary amides is 1. The second-order valence-corrected chi connectivity index (χ2v) is 6.06. The molecule has 0 atom stereocenters. The van der Waals surface area contributed by atoms with Crippen LogP contribution in [0.4, 0.5) is 4.79 Å². The molecule has 116 valence electrons. The first-order valence-electron chi connectivity index (χ1n) is 6.69. The molecule has 0 unspecified atom stereocenters. The normalized spacial score (nSPS) is 16.4. The standard InChI is InChI=1S/C15H16N2O3S2/c1-20-11-6-4-10(5-7-11)9-12-14(21)17(15(19)22-12)8-2-3-13(16)18/h4-7,9H,2-3,8H2,1H3,(H2,16,18)/b12-9+. The highest BCUT2D eigenvalue weighted by atomic mass is 32.2. The molecule has 2 rings (SSSR count). The van der Waals surface area contributed by atoms with Gasteiger partial charge in [0, 0.05) is 13.0 Å². The molecule has 0 saturated carbocycles. The quantitative estimate of drug-likeness (QED) is 0.639. The zero-order valence-corrected chi connectivity index (χ0v) is 13.7. The van der Waals surface area contributed by atoms with Crippen LogP contribution < -0.4 is 10.5 Å². The van der Waals surface area contributed by atoms with Crippen molar-refractivity contribution in [1.29, 1.82) is 0 Å². The van der Waals surface area contributed by atoms with Crippen LogP contribution in [-0.4, -0.2) is 34.7 Å². The van der Waals surface area contributed by atoms with Crippen LogP contribution in [-0.2, 0) is 4.79 Å². The molecule has 1 saturated heterocycles. The lowest BCUT2D eigenvalue weighted by Gasteiger charge is -2.13. The first kappa shape index (κ1) is 16.5. The summed E-state index contributed by atoms with van der Waals surface area (Å²) < 4.78 is 5.11. The Hall–Kier alpha value is -1.86. The number of amides is 2. The van der Waals surface area contributed by atoms with Gasteiger partial charge in [0.05, 0.1) is 12.0 Å².